The molecule has 3 unspecified atom stereocenters. The number of aliphatic imine (C=N–C) groups is 1. The van der Waals surface area contributed by atoms with Gasteiger partial charge in [-0.1, -0.05) is 25.5 Å². The maximum Gasteiger partial charge on any atom is 0.251 e. The lowest BCUT2D eigenvalue weighted by Crippen LogP contribution is -2.46. The van der Waals surface area contributed by atoms with Crippen LogP contribution in [0.15, 0.2) is 29.3 Å². The average Bonchev–Trinajstić information content (AvgIpc) is 2.70. The molecule has 0 spiro atoms. The fourth-order valence-electron chi connectivity index (χ4n) is 3.29. The fourth-order valence-corrected chi connectivity index (χ4v) is 4.64. The summed E-state index contributed by atoms with van der Waals surface area (Å²) in [7, 11) is 2.65. The molecule has 0 aliphatic heterocycles. The van der Waals surface area contributed by atoms with Crippen molar-refractivity contribution in [2.75, 3.05) is 19.8 Å². The molecule has 0 saturated heterocycles. The zero-order valence-electron chi connectivity index (χ0n) is 15.9. The summed E-state index contributed by atoms with van der Waals surface area (Å²) in [5.41, 5.74) is 1.66. The number of carbonyl (C=O) groups excluding carboxylic acids is 1. The van der Waals surface area contributed by atoms with Gasteiger partial charge in [0, 0.05) is 54.0 Å². The molecule has 0 bridgehead atoms. The van der Waals surface area contributed by atoms with Crippen molar-refractivity contribution in [2.45, 2.75) is 50.4 Å². The molecule has 3 atom stereocenters. The van der Waals surface area contributed by atoms with Crippen LogP contribution >= 0.6 is 0 Å². The van der Waals surface area contributed by atoms with Gasteiger partial charge in [-0.2, -0.15) is 0 Å². The Bertz CT molecular complexity index is 663. The minimum Gasteiger partial charge on any atom is -0.355 e. The van der Waals surface area contributed by atoms with Crippen LogP contribution in [0.2, 0.25) is 0 Å². The number of rotatable bonds is 6. The number of hydrogen-bond donors (Lipinski definition) is 3. The predicted molar refractivity (Wildman–Crippen MR) is 108 cm³/mol. The Morgan fingerprint density at radius 1 is 1.35 bits per heavy atom. The third kappa shape index (κ3) is 5.83. The lowest BCUT2D eigenvalue weighted by molar-refractivity contribution is 0.0963. The summed E-state index contributed by atoms with van der Waals surface area (Å²) in [4.78, 5) is 16.0. The molecule has 7 heteroatoms. The summed E-state index contributed by atoms with van der Waals surface area (Å²) in [6, 6.07) is 7.83. The molecule has 3 N–H and O–H groups in total. The molecule has 6 nitrogen and oxygen atoms in total. The van der Waals surface area contributed by atoms with E-state index in [1.54, 1.807) is 20.2 Å². The van der Waals surface area contributed by atoms with Crippen molar-refractivity contribution in [2.24, 2.45) is 4.99 Å². The van der Waals surface area contributed by atoms with Gasteiger partial charge >= 0.3 is 0 Å². The highest BCUT2D eigenvalue weighted by molar-refractivity contribution is 7.85. The average molecular weight is 379 g/mol. The van der Waals surface area contributed by atoms with Gasteiger partial charge in [0.25, 0.3) is 5.91 Å². The molecule has 1 aromatic rings. The van der Waals surface area contributed by atoms with E-state index in [2.05, 4.69) is 20.9 Å². The maximum atomic E-state index is 12.1. The topological polar surface area (TPSA) is 82.6 Å². The van der Waals surface area contributed by atoms with Gasteiger partial charge in [-0.05, 0) is 37.0 Å². The van der Waals surface area contributed by atoms with Gasteiger partial charge in [0.05, 0.1) is 0 Å². The van der Waals surface area contributed by atoms with Crippen LogP contribution < -0.4 is 16.0 Å². The molecule has 0 aromatic heterocycles. The monoisotopic (exact) mass is 378 g/mol. The first-order valence-electron chi connectivity index (χ1n) is 9.22. The minimum atomic E-state index is -0.731. The molecular weight excluding hydrogens is 348 g/mol. The second-order valence-electron chi connectivity index (χ2n) is 6.50. The molecule has 144 valence electrons. The van der Waals surface area contributed by atoms with Gasteiger partial charge in [-0.25, -0.2) is 0 Å². The Kier molecular flexibility index (Phi) is 8.09. The maximum absolute atomic E-state index is 12.1. The standard InChI is InChI=1S/C19H30N4O2S/c1-4-26(25)17-10-6-9-16(12-17)23-19(21-3)22-13-14-7-5-8-15(11-14)18(24)20-2/h5,7-8,11,16-17H,4,6,9-10,12-13H2,1-3H3,(H,20,24)(H2,21,22,23). The van der Waals surface area contributed by atoms with Crippen molar-refractivity contribution in [3.05, 3.63) is 35.4 Å². The number of amides is 1. The molecule has 1 aliphatic rings. The van der Waals surface area contributed by atoms with Gasteiger partial charge in [0.2, 0.25) is 0 Å². The van der Waals surface area contributed by atoms with Crippen LogP contribution in [-0.4, -0.2) is 47.2 Å². The van der Waals surface area contributed by atoms with Gasteiger partial charge in [-0.15, -0.1) is 0 Å². The zero-order valence-corrected chi connectivity index (χ0v) is 16.7. The van der Waals surface area contributed by atoms with E-state index in [9.17, 15) is 9.00 Å². The SMILES string of the molecule is CCS(=O)C1CCCC(NC(=NC)NCc2cccc(C(=O)NC)c2)C1. The van der Waals surface area contributed by atoms with Gasteiger partial charge < -0.3 is 16.0 Å². The molecule has 26 heavy (non-hydrogen) atoms. The van der Waals surface area contributed by atoms with E-state index >= 15 is 0 Å². The Morgan fingerprint density at radius 3 is 2.85 bits per heavy atom. The van der Waals surface area contributed by atoms with Gasteiger partial charge in [-0.3, -0.25) is 14.0 Å². The Morgan fingerprint density at radius 2 is 2.15 bits per heavy atom. The number of guanidine groups is 1. The molecule has 1 aromatic carbocycles. The highest BCUT2D eigenvalue weighted by atomic mass is 32.2. The van der Waals surface area contributed by atoms with Crippen LogP contribution in [0.4, 0.5) is 0 Å². The van der Waals surface area contributed by atoms with E-state index in [1.807, 2.05) is 25.1 Å². The highest BCUT2D eigenvalue weighted by Crippen LogP contribution is 2.23. The molecular formula is C19H30N4O2S. The van der Waals surface area contributed by atoms with Crippen LogP contribution in [0, 0.1) is 0 Å². The summed E-state index contributed by atoms with van der Waals surface area (Å²) in [6.45, 7) is 2.57. The van der Waals surface area contributed by atoms with Gasteiger partial charge in [0.15, 0.2) is 5.96 Å². The number of nitrogens with zero attached hydrogens (tertiary/aromatic N) is 1. The number of hydrogen-bond acceptors (Lipinski definition) is 3. The third-order valence-corrected chi connectivity index (χ3v) is 6.46. The van der Waals surface area contributed by atoms with E-state index in [1.165, 1.54) is 0 Å². The van der Waals surface area contributed by atoms with Crippen molar-refractivity contribution in [1.29, 1.82) is 0 Å². The Hall–Kier alpha value is -1.89. The number of benzene rings is 1. The van der Waals surface area contributed by atoms with Gasteiger partial charge in [0.1, 0.15) is 0 Å². The fraction of sp³-hybridized carbons (Fsp3) is 0.579. The van der Waals surface area contributed by atoms with E-state index in [0.717, 1.165) is 43.0 Å². The second-order valence-corrected chi connectivity index (χ2v) is 8.51. The Balaban J connectivity index is 1.90. The van der Waals surface area contributed by atoms with Crippen LogP contribution in [-0.2, 0) is 17.3 Å². The molecule has 1 fully saturated rings. The summed E-state index contributed by atoms with van der Waals surface area (Å²) in [6.07, 6.45) is 4.15. The van der Waals surface area contributed by atoms with Crippen LogP contribution in [0.25, 0.3) is 0 Å². The lowest BCUT2D eigenvalue weighted by Gasteiger charge is -2.30. The smallest absolute Gasteiger partial charge is 0.251 e. The van der Waals surface area contributed by atoms with Crippen molar-refractivity contribution in [3.8, 4) is 0 Å². The number of nitrogens with one attached hydrogen (secondary N) is 3. The van der Waals surface area contributed by atoms with Crippen LogP contribution in [0.3, 0.4) is 0 Å². The Labute approximate surface area is 158 Å². The highest BCUT2D eigenvalue weighted by Gasteiger charge is 2.26. The molecule has 1 saturated carbocycles. The quantitative estimate of drug-likeness (QED) is 0.521. The van der Waals surface area contributed by atoms with Crippen LogP contribution in [0.1, 0.15) is 48.5 Å². The predicted octanol–water partition coefficient (Wildman–Crippen LogP) is 1.79. The van der Waals surface area contributed by atoms with E-state index in [0.29, 0.717) is 18.2 Å². The summed E-state index contributed by atoms with van der Waals surface area (Å²) >= 11 is 0. The molecule has 1 amide bonds. The largest absolute Gasteiger partial charge is 0.355 e. The normalized spacial score (nSPS) is 21.7. The van der Waals surface area contributed by atoms with E-state index in [4.69, 9.17) is 0 Å². The summed E-state index contributed by atoms with van der Waals surface area (Å²) in [5, 5.41) is 9.69. The summed E-state index contributed by atoms with van der Waals surface area (Å²) < 4.78 is 12.1. The third-order valence-electron chi connectivity index (χ3n) is 4.72. The molecule has 0 heterocycles. The van der Waals surface area contributed by atoms with Crippen molar-refractivity contribution in [3.63, 3.8) is 0 Å². The summed E-state index contributed by atoms with van der Waals surface area (Å²) in [5.74, 6) is 1.38. The first-order chi connectivity index (χ1) is 12.6. The van der Waals surface area contributed by atoms with Crippen molar-refractivity contribution in [1.82, 2.24) is 16.0 Å². The molecule has 0 radical (unpaired) electrons. The van der Waals surface area contributed by atoms with Crippen LogP contribution in [0.5, 0.6) is 0 Å². The van der Waals surface area contributed by atoms with Crippen molar-refractivity contribution < 1.29 is 9.00 Å². The first-order valence-corrected chi connectivity index (χ1v) is 10.6. The molecule has 1 aliphatic carbocycles. The second kappa shape index (κ2) is 10.3. The zero-order chi connectivity index (χ0) is 18.9. The van der Waals surface area contributed by atoms with E-state index < -0.39 is 10.8 Å². The van der Waals surface area contributed by atoms with E-state index in [-0.39, 0.29) is 11.2 Å². The van der Waals surface area contributed by atoms with Crippen molar-refractivity contribution >= 4 is 22.7 Å². The molecule has 2 rings (SSSR count). The minimum absolute atomic E-state index is 0.0912. The lowest BCUT2D eigenvalue weighted by atomic mass is 9.95. The first kappa shape index (κ1) is 20.4. The number of carbonyl (C=O) groups is 1.